The van der Waals surface area contributed by atoms with Crippen molar-refractivity contribution in [2.75, 3.05) is 5.73 Å². The van der Waals surface area contributed by atoms with Crippen LogP contribution in [0.4, 0.5) is 5.82 Å². The van der Waals surface area contributed by atoms with Crippen molar-refractivity contribution in [2.24, 2.45) is 7.05 Å². The van der Waals surface area contributed by atoms with Crippen molar-refractivity contribution >= 4 is 16.6 Å². The Kier molecular flexibility index (Phi) is 2.68. The third-order valence-corrected chi connectivity index (χ3v) is 3.35. The highest BCUT2D eigenvalue weighted by molar-refractivity contribution is 5.90. The predicted molar refractivity (Wildman–Crippen MR) is 79.2 cm³/mol. The highest BCUT2D eigenvalue weighted by Gasteiger charge is 2.11. The third-order valence-electron chi connectivity index (χ3n) is 3.35. The third kappa shape index (κ3) is 1.72. The van der Waals surface area contributed by atoms with Gasteiger partial charge in [0.2, 0.25) is 0 Å². The van der Waals surface area contributed by atoms with Crippen molar-refractivity contribution in [3.63, 3.8) is 0 Å². The minimum atomic E-state index is -0.452. The van der Waals surface area contributed by atoms with Crippen LogP contribution in [0.25, 0.3) is 16.5 Å². The molecule has 2 aromatic carbocycles. The van der Waals surface area contributed by atoms with E-state index in [1.807, 2.05) is 42.5 Å². The van der Waals surface area contributed by atoms with Crippen molar-refractivity contribution in [1.29, 1.82) is 0 Å². The zero-order valence-electron chi connectivity index (χ0n) is 10.9. The molecule has 0 radical (unpaired) electrons. The van der Waals surface area contributed by atoms with Crippen LogP contribution in [0, 0.1) is 0 Å². The fraction of sp³-hybridized carbons (Fsp3) is 0.0667. The van der Waals surface area contributed by atoms with Gasteiger partial charge >= 0.3 is 5.69 Å². The molecule has 20 heavy (non-hydrogen) atoms. The van der Waals surface area contributed by atoms with Crippen LogP contribution in [0.15, 0.2) is 58.1 Å². The minimum Gasteiger partial charge on any atom is -0.385 e. The summed E-state index contributed by atoms with van der Waals surface area (Å²) in [6, 6.07) is 14.6. The average Bonchev–Trinajstić information content (AvgIpc) is 2.45. The van der Waals surface area contributed by atoms with E-state index in [9.17, 15) is 9.59 Å². The molecule has 0 spiro atoms. The molecule has 0 amide bonds. The number of nitrogens with two attached hydrogens (primary N) is 1. The van der Waals surface area contributed by atoms with E-state index >= 15 is 0 Å². The largest absolute Gasteiger partial charge is 0.385 e. The van der Waals surface area contributed by atoms with Crippen LogP contribution in [-0.2, 0) is 7.05 Å². The highest BCUT2D eigenvalue weighted by Crippen LogP contribution is 2.22. The van der Waals surface area contributed by atoms with E-state index in [1.165, 1.54) is 17.7 Å². The Balaban J connectivity index is 2.47. The van der Waals surface area contributed by atoms with E-state index in [4.69, 9.17) is 5.73 Å². The zero-order chi connectivity index (χ0) is 14.3. The first kappa shape index (κ1) is 12.2. The van der Waals surface area contributed by atoms with Gasteiger partial charge in [0.15, 0.2) is 0 Å². The van der Waals surface area contributed by atoms with Crippen LogP contribution >= 0.6 is 0 Å². The van der Waals surface area contributed by atoms with E-state index < -0.39 is 11.2 Å². The lowest BCUT2D eigenvalue weighted by Gasteiger charge is -2.13. The number of nitrogen functional groups attached to an aromatic ring is 1. The van der Waals surface area contributed by atoms with Gasteiger partial charge in [0.1, 0.15) is 5.82 Å². The Bertz CT molecular complexity index is 917. The standard InChI is InChI=1S/C15H13N3O2/c1-17-14(19)9-13(16)18(15(17)20)12-8-4-6-10-5-2-3-7-11(10)12/h2-9H,16H2,1H3. The number of aromatic nitrogens is 2. The van der Waals surface area contributed by atoms with E-state index in [-0.39, 0.29) is 5.82 Å². The summed E-state index contributed by atoms with van der Waals surface area (Å²) < 4.78 is 2.39. The molecule has 0 saturated carbocycles. The Morgan fingerprint density at radius 1 is 1.00 bits per heavy atom. The quantitative estimate of drug-likeness (QED) is 0.722. The van der Waals surface area contributed by atoms with E-state index in [0.29, 0.717) is 5.69 Å². The molecule has 2 N–H and O–H groups in total. The van der Waals surface area contributed by atoms with Crippen molar-refractivity contribution in [3.05, 3.63) is 69.4 Å². The molecular weight excluding hydrogens is 254 g/mol. The van der Waals surface area contributed by atoms with E-state index in [1.54, 1.807) is 0 Å². The average molecular weight is 267 g/mol. The molecule has 0 aliphatic carbocycles. The summed E-state index contributed by atoms with van der Waals surface area (Å²) >= 11 is 0. The molecule has 0 aliphatic rings. The molecule has 1 heterocycles. The van der Waals surface area contributed by atoms with Gasteiger partial charge in [0.05, 0.1) is 5.69 Å². The summed E-state index contributed by atoms with van der Waals surface area (Å²) in [5, 5.41) is 1.91. The molecule has 0 aliphatic heterocycles. The molecule has 0 atom stereocenters. The van der Waals surface area contributed by atoms with Gasteiger partial charge in [-0.25, -0.2) is 9.36 Å². The number of hydrogen-bond donors (Lipinski definition) is 1. The van der Waals surface area contributed by atoms with Crippen molar-refractivity contribution in [3.8, 4) is 5.69 Å². The van der Waals surface area contributed by atoms with Crippen molar-refractivity contribution < 1.29 is 0 Å². The molecule has 1 aromatic heterocycles. The smallest absolute Gasteiger partial charge is 0.336 e. The number of nitrogens with zero attached hydrogens (tertiary/aromatic N) is 2. The van der Waals surface area contributed by atoms with Crippen LogP contribution in [0.2, 0.25) is 0 Å². The summed E-state index contributed by atoms with van der Waals surface area (Å²) in [4.78, 5) is 23.9. The molecule has 3 rings (SSSR count). The van der Waals surface area contributed by atoms with Crippen LogP contribution in [-0.4, -0.2) is 9.13 Å². The maximum absolute atomic E-state index is 12.3. The Labute approximate surface area is 114 Å². The van der Waals surface area contributed by atoms with Gasteiger partial charge in [-0.2, -0.15) is 0 Å². The zero-order valence-corrected chi connectivity index (χ0v) is 10.9. The highest BCUT2D eigenvalue weighted by atomic mass is 16.2. The van der Waals surface area contributed by atoms with Gasteiger partial charge in [0, 0.05) is 18.5 Å². The fourth-order valence-corrected chi connectivity index (χ4v) is 2.29. The maximum Gasteiger partial charge on any atom is 0.336 e. The molecule has 100 valence electrons. The SMILES string of the molecule is Cn1c(=O)cc(N)n(-c2cccc3ccccc23)c1=O. The molecule has 0 bridgehead atoms. The lowest BCUT2D eigenvalue weighted by Crippen LogP contribution is -2.38. The van der Waals surface area contributed by atoms with Crippen molar-refractivity contribution in [1.82, 2.24) is 9.13 Å². The van der Waals surface area contributed by atoms with Crippen LogP contribution in [0.1, 0.15) is 0 Å². The molecule has 0 fully saturated rings. The van der Waals surface area contributed by atoms with Gasteiger partial charge in [-0.15, -0.1) is 0 Å². The van der Waals surface area contributed by atoms with Crippen LogP contribution in [0.3, 0.4) is 0 Å². The monoisotopic (exact) mass is 267 g/mol. The van der Waals surface area contributed by atoms with E-state index in [2.05, 4.69) is 0 Å². The van der Waals surface area contributed by atoms with Gasteiger partial charge in [-0.3, -0.25) is 9.36 Å². The number of fused-ring (bicyclic) bond motifs is 1. The molecule has 5 heteroatoms. The second-order valence-electron chi connectivity index (χ2n) is 4.58. The lowest BCUT2D eigenvalue weighted by molar-refractivity contribution is 0.736. The van der Waals surface area contributed by atoms with Gasteiger partial charge < -0.3 is 5.73 Å². The number of rotatable bonds is 1. The molecule has 3 aromatic rings. The maximum atomic E-state index is 12.3. The topological polar surface area (TPSA) is 70.0 Å². The first-order valence-corrected chi connectivity index (χ1v) is 6.16. The second kappa shape index (κ2) is 4.38. The number of anilines is 1. The fourth-order valence-electron chi connectivity index (χ4n) is 2.29. The summed E-state index contributed by atoms with van der Waals surface area (Å²) in [5.74, 6) is 0.134. The second-order valence-corrected chi connectivity index (χ2v) is 4.58. The predicted octanol–water partition coefficient (Wildman–Crippen LogP) is 1.27. The van der Waals surface area contributed by atoms with Gasteiger partial charge in [0.25, 0.3) is 5.56 Å². The molecular formula is C15H13N3O2. The summed E-state index contributed by atoms with van der Waals surface area (Å²) in [6.07, 6.45) is 0. The molecule has 0 saturated heterocycles. The lowest BCUT2D eigenvalue weighted by atomic mass is 10.1. The van der Waals surface area contributed by atoms with Crippen LogP contribution < -0.4 is 17.0 Å². The molecule has 5 nitrogen and oxygen atoms in total. The summed E-state index contributed by atoms with van der Waals surface area (Å²) in [7, 11) is 1.44. The van der Waals surface area contributed by atoms with Crippen molar-refractivity contribution in [2.45, 2.75) is 0 Å². The first-order valence-electron chi connectivity index (χ1n) is 6.16. The Morgan fingerprint density at radius 2 is 1.70 bits per heavy atom. The Morgan fingerprint density at radius 3 is 2.50 bits per heavy atom. The van der Waals surface area contributed by atoms with Gasteiger partial charge in [-0.1, -0.05) is 36.4 Å². The molecule has 0 unspecified atom stereocenters. The Hall–Kier alpha value is -2.82. The van der Waals surface area contributed by atoms with Crippen LogP contribution in [0.5, 0.6) is 0 Å². The summed E-state index contributed by atoms with van der Waals surface area (Å²) in [5.41, 5.74) is 5.67. The first-order chi connectivity index (χ1) is 9.59. The minimum absolute atomic E-state index is 0.134. The summed E-state index contributed by atoms with van der Waals surface area (Å²) in [6.45, 7) is 0. The normalized spacial score (nSPS) is 10.8. The van der Waals surface area contributed by atoms with Gasteiger partial charge in [-0.05, 0) is 11.5 Å². The number of benzene rings is 2. The van der Waals surface area contributed by atoms with E-state index in [0.717, 1.165) is 15.3 Å². The number of hydrogen-bond acceptors (Lipinski definition) is 3.